The zero-order valence-corrected chi connectivity index (χ0v) is 10.2. The van der Waals surface area contributed by atoms with Gasteiger partial charge in [0.25, 0.3) is 0 Å². The summed E-state index contributed by atoms with van der Waals surface area (Å²) in [5.74, 6) is 1.60. The molecule has 0 amide bonds. The van der Waals surface area contributed by atoms with E-state index in [1.165, 1.54) is 0 Å². The Morgan fingerprint density at radius 2 is 2.32 bits per heavy atom. The average Bonchev–Trinajstić information content (AvgIpc) is 3.15. The summed E-state index contributed by atoms with van der Waals surface area (Å²) in [6, 6.07) is 5.47. The molecule has 0 aliphatic rings. The van der Waals surface area contributed by atoms with E-state index in [-0.39, 0.29) is 0 Å². The van der Waals surface area contributed by atoms with Gasteiger partial charge in [0.1, 0.15) is 0 Å². The molecule has 0 aliphatic carbocycles. The maximum atomic E-state index is 5.19. The summed E-state index contributed by atoms with van der Waals surface area (Å²) in [4.78, 5) is 4.23. The van der Waals surface area contributed by atoms with Crippen LogP contribution in [0.2, 0.25) is 0 Å². The smallest absolute Gasteiger partial charge is 0.241 e. The van der Waals surface area contributed by atoms with Gasteiger partial charge < -0.3 is 14.3 Å². The lowest BCUT2D eigenvalue weighted by molar-refractivity contribution is 0.365. The highest BCUT2D eigenvalue weighted by molar-refractivity contribution is 5.44. The number of nitrogens with one attached hydrogen (secondary N) is 1. The Hall–Kier alpha value is -2.41. The fourth-order valence-corrected chi connectivity index (χ4v) is 1.65. The molecule has 3 aromatic rings. The first-order valence-corrected chi connectivity index (χ1v) is 5.96. The van der Waals surface area contributed by atoms with E-state index >= 15 is 0 Å². The molecule has 3 rings (SSSR count). The van der Waals surface area contributed by atoms with Crippen LogP contribution in [-0.4, -0.2) is 26.5 Å². The molecule has 0 fully saturated rings. The van der Waals surface area contributed by atoms with Crippen LogP contribution in [-0.2, 0) is 13.1 Å². The van der Waals surface area contributed by atoms with E-state index in [2.05, 4.69) is 20.6 Å². The monoisotopic (exact) mass is 259 g/mol. The average molecular weight is 259 g/mol. The van der Waals surface area contributed by atoms with Crippen LogP contribution >= 0.6 is 0 Å². The molecule has 7 heteroatoms. The van der Waals surface area contributed by atoms with Gasteiger partial charge >= 0.3 is 0 Å². The largest absolute Gasteiger partial charge is 0.461 e. The first kappa shape index (κ1) is 11.7. The van der Waals surface area contributed by atoms with Crippen molar-refractivity contribution < 1.29 is 8.94 Å². The lowest BCUT2D eigenvalue weighted by Crippen LogP contribution is -2.19. The minimum atomic E-state index is 0.467. The molecule has 0 saturated heterocycles. The molecule has 7 nitrogen and oxygen atoms in total. The molecule has 0 aliphatic heterocycles. The molecule has 0 saturated carbocycles. The van der Waals surface area contributed by atoms with Crippen molar-refractivity contribution in [2.45, 2.75) is 13.1 Å². The third-order valence-corrected chi connectivity index (χ3v) is 2.56. The Morgan fingerprint density at radius 1 is 1.32 bits per heavy atom. The van der Waals surface area contributed by atoms with Gasteiger partial charge in [0, 0.05) is 18.9 Å². The summed E-state index contributed by atoms with van der Waals surface area (Å²) < 4.78 is 12.2. The van der Waals surface area contributed by atoms with Gasteiger partial charge in [-0.2, -0.15) is 10.1 Å². The van der Waals surface area contributed by atoms with E-state index in [0.29, 0.717) is 24.0 Å². The van der Waals surface area contributed by atoms with Crippen molar-refractivity contribution >= 4 is 0 Å². The van der Waals surface area contributed by atoms with Gasteiger partial charge in [-0.1, -0.05) is 5.16 Å². The molecule has 0 atom stereocenters. The Balaban J connectivity index is 1.48. The molecule has 0 spiro atoms. The summed E-state index contributed by atoms with van der Waals surface area (Å²) in [6.07, 6.45) is 5.25. The van der Waals surface area contributed by atoms with E-state index < -0.39 is 0 Å². The molecule has 0 unspecified atom stereocenters. The van der Waals surface area contributed by atoms with Crippen molar-refractivity contribution in [3.8, 4) is 11.6 Å². The summed E-state index contributed by atoms with van der Waals surface area (Å²) in [6.45, 7) is 2.10. The van der Waals surface area contributed by atoms with Crippen LogP contribution in [0.15, 0.2) is 45.8 Å². The van der Waals surface area contributed by atoms with E-state index in [9.17, 15) is 0 Å². The molecular weight excluding hydrogens is 246 g/mol. The SMILES string of the molecule is c1coc(-c2noc(CNCCn3cccn3)n2)c1. The van der Waals surface area contributed by atoms with Gasteiger partial charge in [0.15, 0.2) is 5.76 Å². The van der Waals surface area contributed by atoms with Gasteiger partial charge in [-0.05, 0) is 18.2 Å². The fourth-order valence-electron chi connectivity index (χ4n) is 1.65. The number of hydrogen-bond donors (Lipinski definition) is 1. The summed E-state index contributed by atoms with van der Waals surface area (Å²) in [5.41, 5.74) is 0. The van der Waals surface area contributed by atoms with Gasteiger partial charge in [-0.15, -0.1) is 0 Å². The molecule has 1 N–H and O–H groups in total. The molecule has 98 valence electrons. The second kappa shape index (κ2) is 5.49. The first-order chi connectivity index (χ1) is 9.42. The Morgan fingerprint density at radius 3 is 3.11 bits per heavy atom. The van der Waals surface area contributed by atoms with E-state index in [0.717, 1.165) is 13.1 Å². The third-order valence-electron chi connectivity index (χ3n) is 2.56. The van der Waals surface area contributed by atoms with Crippen molar-refractivity contribution in [2.75, 3.05) is 6.54 Å². The molecule has 3 heterocycles. The minimum Gasteiger partial charge on any atom is -0.461 e. The van der Waals surface area contributed by atoms with Crippen LogP contribution in [0.25, 0.3) is 11.6 Å². The van der Waals surface area contributed by atoms with Crippen molar-refractivity contribution in [3.05, 3.63) is 42.7 Å². The zero-order valence-electron chi connectivity index (χ0n) is 10.2. The van der Waals surface area contributed by atoms with Crippen LogP contribution in [0.4, 0.5) is 0 Å². The number of nitrogens with zero attached hydrogens (tertiary/aromatic N) is 4. The number of hydrogen-bond acceptors (Lipinski definition) is 6. The van der Waals surface area contributed by atoms with Crippen molar-refractivity contribution in [1.82, 2.24) is 25.2 Å². The summed E-state index contributed by atoms with van der Waals surface area (Å²) in [7, 11) is 0. The van der Waals surface area contributed by atoms with Crippen LogP contribution in [0.1, 0.15) is 5.89 Å². The van der Waals surface area contributed by atoms with Crippen LogP contribution in [0.5, 0.6) is 0 Å². The van der Waals surface area contributed by atoms with E-state index in [1.54, 1.807) is 24.6 Å². The first-order valence-electron chi connectivity index (χ1n) is 5.96. The maximum absolute atomic E-state index is 5.19. The number of aromatic nitrogens is 4. The quantitative estimate of drug-likeness (QED) is 0.672. The maximum Gasteiger partial charge on any atom is 0.241 e. The highest BCUT2D eigenvalue weighted by Gasteiger charge is 2.09. The van der Waals surface area contributed by atoms with Crippen LogP contribution in [0, 0.1) is 0 Å². The topological polar surface area (TPSA) is 81.9 Å². The van der Waals surface area contributed by atoms with Crippen molar-refractivity contribution in [1.29, 1.82) is 0 Å². The molecule has 0 radical (unpaired) electrons. The number of rotatable bonds is 6. The molecule has 0 aromatic carbocycles. The minimum absolute atomic E-state index is 0.467. The Labute approximate surface area is 109 Å². The fraction of sp³-hybridized carbons (Fsp3) is 0.250. The predicted octanol–water partition coefficient (Wildman–Crippen LogP) is 1.32. The van der Waals surface area contributed by atoms with Crippen molar-refractivity contribution in [3.63, 3.8) is 0 Å². The third kappa shape index (κ3) is 2.89. The van der Waals surface area contributed by atoms with Gasteiger partial charge in [0.05, 0.1) is 19.4 Å². The normalized spacial score (nSPS) is 10.9. The van der Waals surface area contributed by atoms with Gasteiger partial charge in [-0.3, -0.25) is 4.68 Å². The Kier molecular flexibility index (Phi) is 3.37. The lowest BCUT2D eigenvalue weighted by Gasteiger charge is -2.01. The molecule has 3 aromatic heterocycles. The van der Waals surface area contributed by atoms with E-state index in [1.807, 2.05) is 16.9 Å². The summed E-state index contributed by atoms with van der Waals surface area (Å²) in [5, 5.41) is 11.2. The summed E-state index contributed by atoms with van der Waals surface area (Å²) >= 11 is 0. The van der Waals surface area contributed by atoms with Crippen LogP contribution in [0.3, 0.4) is 0 Å². The molecular formula is C12H13N5O2. The van der Waals surface area contributed by atoms with E-state index in [4.69, 9.17) is 8.94 Å². The van der Waals surface area contributed by atoms with Gasteiger partial charge in [-0.25, -0.2) is 0 Å². The standard InChI is InChI=1S/C12H13N5O2/c1-3-10(18-8-1)12-15-11(19-16-12)9-13-5-7-17-6-2-4-14-17/h1-4,6,8,13H,5,7,9H2. The highest BCUT2D eigenvalue weighted by atomic mass is 16.5. The zero-order chi connectivity index (χ0) is 12.9. The lowest BCUT2D eigenvalue weighted by atomic mass is 10.4. The Bertz CT molecular complexity index is 600. The number of furan rings is 1. The van der Waals surface area contributed by atoms with Crippen LogP contribution < -0.4 is 5.32 Å². The highest BCUT2D eigenvalue weighted by Crippen LogP contribution is 2.15. The molecule has 19 heavy (non-hydrogen) atoms. The molecule has 0 bridgehead atoms. The predicted molar refractivity (Wildman–Crippen MR) is 65.9 cm³/mol. The second-order valence-corrected chi connectivity index (χ2v) is 3.93. The van der Waals surface area contributed by atoms with Crippen molar-refractivity contribution in [2.24, 2.45) is 0 Å². The second-order valence-electron chi connectivity index (χ2n) is 3.93. The van der Waals surface area contributed by atoms with Gasteiger partial charge in [0.2, 0.25) is 11.7 Å².